The van der Waals surface area contributed by atoms with Crippen LogP contribution >= 0.6 is 15.9 Å². The zero-order chi connectivity index (χ0) is 31.0. The Morgan fingerprint density at radius 1 is 0.561 bits per heavy atom. The Hall–Kier alpha value is -2.82. The molecule has 0 unspecified atom stereocenters. The van der Waals surface area contributed by atoms with Gasteiger partial charge >= 0.3 is 35.8 Å². The molecule has 0 amide bonds. The molecule has 2 aliphatic heterocycles. The molecular formula is C25H35BrO15. The lowest BCUT2D eigenvalue weighted by atomic mass is 9.91. The van der Waals surface area contributed by atoms with Gasteiger partial charge < -0.3 is 42.6 Å². The van der Waals surface area contributed by atoms with Crippen LogP contribution in [0, 0.1) is 5.92 Å². The number of carbonyl (C=O) groups excluding carboxylic acids is 6. The maximum Gasteiger partial charge on any atom is 0.303 e. The monoisotopic (exact) mass is 654 g/mol. The minimum Gasteiger partial charge on any atom is -0.463 e. The molecule has 0 aromatic heterocycles. The Morgan fingerprint density at radius 2 is 0.976 bits per heavy atom. The number of alkyl halides is 1. The summed E-state index contributed by atoms with van der Waals surface area (Å²) in [7, 11) is 0. The van der Waals surface area contributed by atoms with Crippen molar-refractivity contribution in [1.82, 2.24) is 0 Å². The Kier molecular flexibility index (Phi) is 12.9. The van der Waals surface area contributed by atoms with Crippen LogP contribution < -0.4 is 0 Å². The fraction of sp³-hybridized carbons (Fsp3) is 0.760. The minimum atomic E-state index is -1.30. The highest BCUT2D eigenvalue weighted by Crippen LogP contribution is 2.37. The third-order valence-corrected chi connectivity index (χ3v) is 6.66. The Morgan fingerprint density at radius 3 is 1.44 bits per heavy atom. The van der Waals surface area contributed by atoms with Crippen LogP contribution in [-0.4, -0.2) is 103 Å². The van der Waals surface area contributed by atoms with E-state index in [2.05, 4.69) is 15.9 Å². The molecule has 2 saturated heterocycles. The number of hydrogen-bond donors (Lipinski definition) is 0. The van der Waals surface area contributed by atoms with Gasteiger partial charge in [-0.15, -0.1) is 0 Å². The lowest BCUT2D eigenvalue weighted by Crippen LogP contribution is -2.64. The number of esters is 6. The van der Waals surface area contributed by atoms with Gasteiger partial charge in [-0.2, -0.15) is 0 Å². The molecule has 0 radical (unpaired) electrons. The first-order valence-electron chi connectivity index (χ1n) is 12.7. The predicted octanol–water partition coefficient (Wildman–Crippen LogP) is 0.705. The van der Waals surface area contributed by atoms with Gasteiger partial charge in [-0.05, 0) is 0 Å². The highest BCUT2D eigenvalue weighted by Gasteiger charge is 2.54. The molecule has 15 nitrogen and oxygen atoms in total. The van der Waals surface area contributed by atoms with E-state index >= 15 is 0 Å². The van der Waals surface area contributed by atoms with Crippen LogP contribution in [0.3, 0.4) is 0 Å². The maximum absolute atomic E-state index is 12.1. The highest BCUT2D eigenvalue weighted by molar-refractivity contribution is 9.09. The van der Waals surface area contributed by atoms with Crippen molar-refractivity contribution in [3.05, 3.63) is 0 Å². The van der Waals surface area contributed by atoms with Crippen LogP contribution in [0.25, 0.3) is 0 Å². The summed E-state index contributed by atoms with van der Waals surface area (Å²) < 4.78 is 50.2. The summed E-state index contributed by atoms with van der Waals surface area (Å²) in [5.74, 6) is -4.98. The lowest BCUT2D eigenvalue weighted by Gasteiger charge is -2.48. The molecule has 0 N–H and O–H groups in total. The first-order valence-corrected chi connectivity index (χ1v) is 13.6. The smallest absolute Gasteiger partial charge is 0.303 e. The van der Waals surface area contributed by atoms with Crippen LogP contribution in [0.1, 0.15) is 48.5 Å². The summed E-state index contributed by atoms with van der Waals surface area (Å²) in [6, 6.07) is 0. The molecule has 0 saturated carbocycles. The van der Waals surface area contributed by atoms with Crippen LogP contribution in [0.2, 0.25) is 0 Å². The van der Waals surface area contributed by atoms with E-state index < -0.39 is 102 Å². The van der Waals surface area contributed by atoms with Gasteiger partial charge in [0.1, 0.15) is 37.6 Å². The molecule has 16 heteroatoms. The van der Waals surface area contributed by atoms with Crippen molar-refractivity contribution < 1.29 is 71.4 Å². The van der Waals surface area contributed by atoms with E-state index in [4.69, 9.17) is 42.6 Å². The molecule has 232 valence electrons. The van der Waals surface area contributed by atoms with Gasteiger partial charge in [0, 0.05) is 47.5 Å². The fourth-order valence-corrected chi connectivity index (χ4v) is 5.08. The molecule has 0 bridgehead atoms. The van der Waals surface area contributed by atoms with Gasteiger partial charge in [0.25, 0.3) is 0 Å². The van der Waals surface area contributed by atoms with Crippen LogP contribution in [0.4, 0.5) is 0 Å². The lowest BCUT2D eigenvalue weighted by molar-refractivity contribution is -0.328. The van der Waals surface area contributed by atoms with Crippen molar-refractivity contribution in [1.29, 1.82) is 0 Å². The summed E-state index contributed by atoms with van der Waals surface area (Å²) >= 11 is 3.26. The average Bonchev–Trinajstić information content (AvgIpc) is 2.83. The van der Waals surface area contributed by atoms with E-state index in [1.54, 1.807) is 6.92 Å². The third-order valence-electron chi connectivity index (χ3n) is 5.92. The summed E-state index contributed by atoms with van der Waals surface area (Å²) in [5, 5.41) is -1.00. The molecule has 2 aliphatic rings. The van der Waals surface area contributed by atoms with Crippen molar-refractivity contribution in [3.63, 3.8) is 0 Å². The Labute approximate surface area is 244 Å². The van der Waals surface area contributed by atoms with Gasteiger partial charge in [0.15, 0.2) is 29.6 Å². The van der Waals surface area contributed by atoms with Crippen molar-refractivity contribution >= 4 is 51.7 Å². The van der Waals surface area contributed by atoms with Gasteiger partial charge in [-0.3, -0.25) is 28.8 Å². The van der Waals surface area contributed by atoms with E-state index in [-0.39, 0.29) is 6.61 Å². The average molecular weight is 655 g/mol. The Balaban J connectivity index is 2.52. The first kappa shape index (κ1) is 34.4. The molecule has 2 fully saturated rings. The van der Waals surface area contributed by atoms with E-state index in [0.29, 0.717) is 0 Å². The standard InChI is InChI=1S/C25H35BrO15/c1-10-19(35-13(4)29)20(36-14(5)30)18(9-34-12(3)28)40-25(10)41-21-17(8-33-11(2)27)39-24(26)23(38-16(7)32)22(21)37-15(6)31/h10,17-25H,8-9H2,1-7H3/t10-,17-,18-,19-,20-,21-,22+,23-,24+,25+/m1/s1. The van der Waals surface area contributed by atoms with E-state index in [0.717, 1.165) is 27.7 Å². The second-order valence-corrected chi connectivity index (χ2v) is 10.3. The molecule has 2 heterocycles. The van der Waals surface area contributed by atoms with Crippen LogP contribution in [0.15, 0.2) is 0 Å². The van der Waals surface area contributed by atoms with Crippen molar-refractivity contribution in [2.24, 2.45) is 5.92 Å². The molecule has 10 atom stereocenters. The van der Waals surface area contributed by atoms with Gasteiger partial charge in [0.2, 0.25) is 0 Å². The van der Waals surface area contributed by atoms with Crippen molar-refractivity contribution in [2.75, 3.05) is 13.2 Å². The number of ether oxygens (including phenoxy) is 9. The normalized spacial score (nSPS) is 33.1. The summed E-state index contributed by atoms with van der Waals surface area (Å²) in [6.45, 7) is 7.77. The Bertz CT molecular complexity index is 986. The van der Waals surface area contributed by atoms with Gasteiger partial charge in [-0.25, -0.2) is 0 Å². The molecule has 0 spiro atoms. The van der Waals surface area contributed by atoms with E-state index in [1.807, 2.05) is 0 Å². The third kappa shape index (κ3) is 10.2. The number of rotatable bonds is 10. The first-order chi connectivity index (χ1) is 19.1. The zero-order valence-corrected chi connectivity index (χ0v) is 25.3. The maximum atomic E-state index is 12.1. The number of carbonyl (C=O) groups is 6. The molecule has 0 aromatic rings. The van der Waals surface area contributed by atoms with Gasteiger partial charge in [-0.1, -0.05) is 22.9 Å². The second kappa shape index (κ2) is 15.4. The highest BCUT2D eigenvalue weighted by atomic mass is 79.9. The molecule has 41 heavy (non-hydrogen) atoms. The topological polar surface area (TPSA) is 185 Å². The summed E-state index contributed by atoms with van der Waals surface area (Å²) in [4.78, 5) is 71.0. The fourth-order valence-electron chi connectivity index (χ4n) is 4.39. The van der Waals surface area contributed by atoms with E-state index in [9.17, 15) is 28.8 Å². The molecule has 0 aliphatic carbocycles. The second-order valence-electron chi connectivity index (χ2n) is 9.43. The van der Waals surface area contributed by atoms with E-state index in [1.165, 1.54) is 13.8 Å². The molecular weight excluding hydrogens is 620 g/mol. The summed E-state index contributed by atoms with van der Waals surface area (Å²) in [6.07, 6.45) is -9.63. The molecule has 0 aromatic carbocycles. The number of hydrogen-bond acceptors (Lipinski definition) is 15. The van der Waals surface area contributed by atoms with Crippen molar-refractivity contribution in [3.8, 4) is 0 Å². The zero-order valence-electron chi connectivity index (χ0n) is 23.7. The summed E-state index contributed by atoms with van der Waals surface area (Å²) in [5.41, 5.74) is 0. The van der Waals surface area contributed by atoms with Crippen LogP contribution in [0.5, 0.6) is 0 Å². The molecule has 2 rings (SSSR count). The SMILES string of the molecule is CC(=O)OC[C@H]1O[C@H](Br)[C@H](OC(C)=O)[C@@H](OC(C)=O)[C@@H]1O[C@@H]1O[C@H](COC(C)=O)[C@@H](OC(C)=O)[C@H](OC(C)=O)[C@H]1C. The van der Waals surface area contributed by atoms with Crippen LogP contribution in [-0.2, 0) is 71.4 Å². The minimum absolute atomic E-state index is 0.353. The largest absolute Gasteiger partial charge is 0.463 e. The quantitative estimate of drug-likeness (QED) is 0.182. The van der Waals surface area contributed by atoms with Gasteiger partial charge in [0.05, 0.1) is 0 Å². The predicted molar refractivity (Wildman–Crippen MR) is 136 cm³/mol. The number of halogens is 1. The van der Waals surface area contributed by atoms with Crippen molar-refractivity contribution in [2.45, 2.75) is 102 Å².